The van der Waals surface area contributed by atoms with Crippen LogP contribution in [0.15, 0.2) is 66.9 Å². The van der Waals surface area contributed by atoms with Crippen LogP contribution in [0.1, 0.15) is 36.0 Å². The number of carbonyl (C=O) groups is 1. The second kappa shape index (κ2) is 9.28. The molecule has 1 fully saturated rings. The van der Waals surface area contributed by atoms with Gasteiger partial charge in [-0.05, 0) is 48.7 Å². The third-order valence-corrected chi connectivity index (χ3v) is 5.52. The van der Waals surface area contributed by atoms with Crippen molar-refractivity contribution < 1.29 is 14.6 Å². The summed E-state index contributed by atoms with van der Waals surface area (Å²) in [6.07, 6.45) is 4.47. The van der Waals surface area contributed by atoms with E-state index in [1.807, 2.05) is 42.5 Å². The minimum absolute atomic E-state index is 0.231. The minimum atomic E-state index is -0.507. The molecule has 0 spiro atoms. The highest BCUT2D eigenvalue weighted by atomic mass is 35.5. The van der Waals surface area contributed by atoms with E-state index in [-0.39, 0.29) is 11.9 Å². The number of halogens is 1. The van der Waals surface area contributed by atoms with Gasteiger partial charge >= 0.3 is 0 Å². The Balaban J connectivity index is 1.64. The molecule has 154 valence electrons. The predicted octanol–water partition coefficient (Wildman–Crippen LogP) is 5.23. The Hall–Kier alpha value is -2.89. The average molecular weight is 423 g/mol. The van der Waals surface area contributed by atoms with E-state index in [2.05, 4.69) is 10.3 Å². The summed E-state index contributed by atoms with van der Waals surface area (Å²) >= 11 is 6.04. The van der Waals surface area contributed by atoms with Gasteiger partial charge in [0.1, 0.15) is 5.75 Å². The van der Waals surface area contributed by atoms with Crippen LogP contribution >= 0.6 is 11.6 Å². The molecule has 1 saturated carbocycles. The monoisotopic (exact) mass is 422 g/mol. The SMILES string of the molecule is O=C(N[C@@H]1CCCC[C@H]1O)c1cnc(Oc2ccccc2)c(-c2ccc(Cl)cc2)c1. The lowest BCUT2D eigenvalue weighted by Gasteiger charge is -2.28. The molecule has 4 rings (SSSR count). The first-order valence-electron chi connectivity index (χ1n) is 10.1. The summed E-state index contributed by atoms with van der Waals surface area (Å²) in [7, 11) is 0. The summed E-state index contributed by atoms with van der Waals surface area (Å²) < 4.78 is 5.98. The molecule has 0 bridgehead atoms. The Morgan fingerprint density at radius 2 is 1.80 bits per heavy atom. The third kappa shape index (κ3) is 4.81. The number of carbonyl (C=O) groups excluding carboxylic acids is 1. The number of nitrogens with one attached hydrogen (secondary N) is 1. The van der Waals surface area contributed by atoms with Gasteiger partial charge in [-0.3, -0.25) is 4.79 Å². The van der Waals surface area contributed by atoms with E-state index < -0.39 is 6.10 Å². The number of pyridine rings is 1. The number of ether oxygens (including phenoxy) is 1. The van der Waals surface area contributed by atoms with Crippen molar-refractivity contribution in [3.63, 3.8) is 0 Å². The molecule has 0 radical (unpaired) electrons. The molecule has 2 atom stereocenters. The fourth-order valence-corrected chi connectivity index (χ4v) is 3.75. The maximum atomic E-state index is 12.8. The van der Waals surface area contributed by atoms with Gasteiger partial charge in [0.15, 0.2) is 0 Å². The highest BCUT2D eigenvalue weighted by Gasteiger charge is 2.25. The van der Waals surface area contributed by atoms with Crippen LogP contribution in [0.25, 0.3) is 11.1 Å². The van der Waals surface area contributed by atoms with Crippen molar-refractivity contribution in [1.82, 2.24) is 10.3 Å². The highest BCUT2D eigenvalue weighted by molar-refractivity contribution is 6.30. The van der Waals surface area contributed by atoms with E-state index in [4.69, 9.17) is 16.3 Å². The van der Waals surface area contributed by atoms with E-state index in [1.165, 1.54) is 6.20 Å². The topological polar surface area (TPSA) is 71.5 Å². The number of para-hydroxylation sites is 1. The zero-order chi connectivity index (χ0) is 20.9. The lowest BCUT2D eigenvalue weighted by Crippen LogP contribution is -2.45. The summed E-state index contributed by atoms with van der Waals surface area (Å²) in [6.45, 7) is 0. The number of benzene rings is 2. The standard InChI is InChI=1S/C24H23ClN2O3/c25-18-12-10-16(11-13-18)20-14-17(23(29)27-21-8-4-5-9-22(21)28)15-26-24(20)30-19-6-2-1-3-7-19/h1-3,6-7,10-15,21-22,28H,4-5,8-9H2,(H,27,29)/t21-,22-/m1/s1. The van der Waals surface area contributed by atoms with Gasteiger partial charge < -0.3 is 15.2 Å². The highest BCUT2D eigenvalue weighted by Crippen LogP contribution is 2.33. The molecule has 1 aromatic heterocycles. The molecular formula is C24H23ClN2O3. The van der Waals surface area contributed by atoms with E-state index in [9.17, 15) is 9.90 Å². The van der Waals surface area contributed by atoms with Crippen molar-refractivity contribution in [2.75, 3.05) is 0 Å². The van der Waals surface area contributed by atoms with Gasteiger partial charge in [0.05, 0.1) is 17.7 Å². The molecule has 0 aliphatic heterocycles. The summed E-state index contributed by atoms with van der Waals surface area (Å²) in [5.41, 5.74) is 1.94. The molecule has 1 aliphatic carbocycles. The summed E-state index contributed by atoms with van der Waals surface area (Å²) in [5.74, 6) is 0.801. The Kier molecular flexibility index (Phi) is 6.31. The Morgan fingerprint density at radius 3 is 2.53 bits per heavy atom. The van der Waals surface area contributed by atoms with E-state index in [1.54, 1.807) is 18.2 Å². The average Bonchev–Trinajstić information content (AvgIpc) is 2.77. The van der Waals surface area contributed by atoms with Gasteiger partial charge in [-0.15, -0.1) is 0 Å². The van der Waals surface area contributed by atoms with Gasteiger partial charge in [-0.2, -0.15) is 0 Å². The maximum absolute atomic E-state index is 12.8. The fourth-order valence-electron chi connectivity index (χ4n) is 3.63. The molecule has 3 aromatic rings. The Morgan fingerprint density at radius 1 is 1.07 bits per heavy atom. The Labute approximate surface area is 180 Å². The van der Waals surface area contributed by atoms with Crippen LogP contribution in [-0.4, -0.2) is 28.1 Å². The second-order valence-electron chi connectivity index (χ2n) is 7.43. The molecule has 5 nitrogen and oxygen atoms in total. The number of hydrogen-bond donors (Lipinski definition) is 2. The van der Waals surface area contributed by atoms with Crippen molar-refractivity contribution >= 4 is 17.5 Å². The molecule has 30 heavy (non-hydrogen) atoms. The molecule has 6 heteroatoms. The normalized spacial score (nSPS) is 18.6. The molecule has 1 heterocycles. The van der Waals surface area contributed by atoms with Crippen LogP contribution in [0, 0.1) is 0 Å². The molecule has 2 N–H and O–H groups in total. The third-order valence-electron chi connectivity index (χ3n) is 5.27. The van der Waals surface area contributed by atoms with Gasteiger partial charge in [-0.25, -0.2) is 4.98 Å². The summed E-state index contributed by atoms with van der Waals surface area (Å²) in [6, 6.07) is 18.2. The Bertz CT molecular complexity index is 1010. The molecule has 0 unspecified atom stereocenters. The van der Waals surface area contributed by atoms with Crippen molar-refractivity contribution in [3.8, 4) is 22.8 Å². The van der Waals surface area contributed by atoms with Crippen LogP contribution in [-0.2, 0) is 0 Å². The number of aliphatic hydroxyl groups is 1. The smallest absolute Gasteiger partial charge is 0.253 e. The van der Waals surface area contributed by atoms with Gasteiger partial charge in [0.25, 0.3) is 5.91 Å². The number of aromatic nitrogens is 1. The predicted molar refractivity (Wildman–Crippen MR) is 117 cm³/mol. The molecule has 2 aromatic carbocycles. The van der Waals surface area contributed by atoms with E-state index >= 15 is 0 Å². The van der Waals surface area contributed by atoms with Crippen molar-refractivity contribution in [2.45, 2.75) is 37.8 Å². The maximum Gasteiger partial charge on any atom is 0.253 e. The first kappa shape index (κ1) is 20.4. The van der Waals surface area contributed by atoms with Crippen LogP contribution < -0.4 is 10.1 Å². The van der Waals surface area contributed by atoms with E-state index in [0.29, 0.717) is 34.2 Å². The van der Waals surface area contributed by atoms with E-state index in [0.717, 1.165) is 24.8 Å². The first-order valence-corrected chi connectivity index (χ1v) is 10.5. The molecule has 1 aliphatic rings. The molecule has 1 amide bonds. The molecule has 0 saturated heterocycles. The quantitative estimate of drug-likeness (QED) is 0.590. The lowest BCUT2D eigenvalue weighted by molar-refractivity contribution is 0.0717. The van der Waals surface area contributed by atoms with Crippen LogP contribution in [0.2, 0.25) is 5.02 Å². The summed E-state index contributed by atoms with van der Waals surface area (Å²) in [5, 5.41) is 13.7. The number of rotatable bonds is 5. The van der Waals surface area contributed by atoms with Crippen LogP contribution in [0.4, 0.5) is 0 Å². The minimum Gasteiger partial charge on any atom is -0.438 e. The summed E-state index contributed by atoms with van der Waals surface area (Å²) in [4.78, 5) is 17.3. The van der Waals surface area contributed by atoms with Crippen molar-refractivity contribution in [3.05, 3.63) is 77.4 Å². The van der Waals surface area contributed by atoms with Crippen molar-refractivity contribution in [2.24, 2.45) is 0 Å². The van der Waals surface area contributed by atoms with Gasteiger partial charge in [0, 0.05) is 16.8 Å². The number of nitrogens with zero attached hydrogens (tertiary/aromatic N) is 1. The number of amides is 1. The number of aliphatic hydroxyl groups excluding tert-OH is 1. The van der Waals surface area contributed by atoms with Crippen molar-refractivity contribution in [1.29, 1.82) is 0 Å². The molecular weight excluding hydrogens is 400 g/mol. The largest absolute Gasteiger partial charge is 0.438 e. The van der Waals surface area contributed by atoms with Gasteiger partial charge in [0.2, 0.25) is 5.88 Å². The first-order chi connectivity index (χ1) is 14.6. The lowest BCUT2D eigenvalue weighted by atomic mass is 9.92. The zero-order valence-corrected chi connectivity index (χ0v) is 17.2. The van der Waals surface area contributed by atoms with Crippen LogP contribution in [0.5, 0.6) is 11.6 Å². The van der Waals surface area contributed by atoms with Crippen LogP contribution in [0.3, 0.4) is 0 Å². The zero-order valence-electron chi connectivity index (χ0n) is 16.4. The van der Waals surface area contributed by atoms with Gasteiger partial charge in [-0.1, -0.05) is 54.8 Å². The fraction of sp³-hybridized carbons (Fsp3) is 0.250. The number of hydrogen-bond acceptors (Lipinski definition) is 4. The second-order valence-corrected chi connectivity index (χ2v) is 7.87.